The van der Waals surface area contributed by atoms with E-state index in [1.807, 2.05) is 12.3 Å². The second-order valence-corrected chi connectivity index (χ2v) is 7.23. The molecule has 2 atom stereocenters. The molecule has 7 nitrogen and oxygen atoms in total. The van der Waals surface area contributed by atoms with E-state index < -0.39 is 0 Å². The van der Waals surface area contributed by atoms with Crippen molar-refractivity contribution in [2.45, 2.75) is 25.9 Å². The van der Waals surface area contributed by atoms with Gasteiger partial charge in [-0.3, -0.25) is 4.90 Å². The zero-order valence-electron chi connectivity index (χ0n) is 14.1. The molecule has 1 aromatic rings. The molecule has 8 heteroatoms. The van der Waals surface area contributed by atoms with E-state index in [-0.39, 0.29) is 6.03 Å². The van der Waals surface area contributed by atoms with Gasteiger partial charge in [0, 0.05) is 49.3 Å². The molecule has 0 radical (unpaired) electrons. The van der Waals surface area contributed by atoms with E-state index in [0.717, 1.165) is 56.6 Å². The lowest BCUT2D eigenvalue weighted by atomic mass is 9.97. The van der Waals surface area contributed by atoms with Crippen LogP contribution in [0.5, 0.6) is 0 Å². The SMILES string of the molecule is Cc1csc(CNC(=O)NCC(C2CCOC2)N2CCOCC2)n1. The Morgan fingerprint density at radius 1 is 1.38 bits per heavy atom. The number of hydrogen-bond donors (Lipinski definition) is 2. The third-order valence-corrected chi connectivity index (χ3v) is 5.53. The Bertz CT molecular complexity index is 527. The summed E-state index contributed by atoms with van der Waals surface area (Å²) in [6.07, 6.45) is 1.06. The highest BCUT2D eigenvalue weighted by atomic mass is 32.1. The fourth-order valence-corrected chi connectivity index (χ4v) is 3.97. The predicted octanol–water partition coefficient (Wildman–Crippen LogP) is 0.988. The van der Waals surface area contributed by atoms with Gasteiger partial charge in [0.1, 0.15) is 5.01 Å². The van der Waals surface area contributed by atoms with Crippen molar-refractivity contribution >= 4 is 17.4 Å². The fraction of sp³-hybridized carbons (Fsp3) is 0.750. The van der Waals surface area contributed by atoms with Crippen LogP contribution in [0.1, 0.15) is 17.1 Å². The van der Waals surface area contributed by atoms with Crippen molar-refractivity contribution < 1.29 is 14.3 Å². The van der Waals surface area contributed by atoms with E-state index in [9.17, 15) is 4.79 Å². The number of rotatable bonds is 6. The van der Waals surface area contributed by atoms with Crippen molar-refractivity contribution in [2.75, 3.05) is 46.1 Å². The largest absolute Gasteiger partial charge is 0.381 e. The second kappa shape index (κ2) is 8.75. The van der Waals surface area contributed by atoms with E-state index in [1.54, 1.807) is 11.3 Å². The van der Waals surface area contributed by atoms with Gasteiger partial charge in [0.25, 0.3) is 0 Å². The standard InChI is InChI=1S/C16H26N4O3S/c1-12-11-24-15(19-12)9-18-16(21)17-8-14(13-2-5-23-10-13)20-3-6-22-7-4-20/h11,13-14H,2-10H2,1H3,(H2,17,18,21). The minimum Gasteiger partial charge on any atom is -0.381 e. The Balaban J connectivity index is 1.47. The van der Waals surface area contributed by atoms with Crippen LogP contribution in [-0.2, 0) is 16.0 Å². The average molecular weight is 354 g/mol. The molecule has 0 aromatic carbocycles. The number of carbonyl (C=O) groups is 1. The highest BCUT2D eigenvalue weighted by Gasteiger charge is 2.31. The molecule has 2 aliphatic heterocycles. The van der Waals surface area contributed by atoms with Gasteiger partial charge in [0.05, 0.1) is 26.4 Å². The van der Waals surface area contributed by atoms with Crippen molar-refractivity contribution in [3.05, 3.63) is 16.1 Å². The summed E-state index contributed by atoms with van der Waals surface area (Å²) >= 11 is 1.57. The van der Waals surface area contributed by atoms with Gasteiger partial charge < -0.3 is 20.1 Å². The number of urea groups is 1. The number of amides is 2. The third kappa shape index (κ3) is 4.89. The van der Waals surface area contributed by atoms with Gasteiger partial charge in [-0.05, 0) is 13.3 Å². The molecule has 1 aromatic heterocycles. The molecular weight excluding hydrogens is 328 g/mol. The first-order valence-corrected chi connectivity index (χ1v) is 9.42. The summed E-state index contributed by atoms with van der Waals surface area (Å²) in [7, 11) is 0. The molecule has 0 bridgehead atoms. The zero-order chi connectivity index (χ0) is 16.8. The summed E-state index contributed by atoms with van der Waals surface area (Å²) in [5, 5.41) is 8.82. The van der Waals surface area contributed by atoms with E-state index in [0.29, 0.717) is 25.0 Å². The highest BCUT2D eigenvalue weighted by molar-refractivity contribution is 7.09. The van der Waals surface area contributed by atoms with E-state index in [2.05, 4.69) is 20.5 Å². The lowest BCUT2D eigenvalue weighted by Crippen LogP contribution is -2.53. The summed E-state index contributed by atoms with van der Waals surface area (Å²) < 4.78 is 11.0. The molecule has 2 amide bonds. The maximum Gasteiger partial charge on any atom is 0.315 e. The second-order valence-electron chi connectivity index (χ2n) is 6.29. The maximum absolute atomic E-state index is 12.1. The summed E-state index contributed by atoms with van der Waals surface area (Å²) in [5.74, 6) is 0.477. The summed E-state index contributed by atoms with van der Waals surface area (Å²) in [4.78, 5) is 18.9. The number of morpholine rings is 1. The van der Waals surface area contributed by atoms with Crippen molar-refractivity contribution in [1.29, 1.82) is 0 Å². The Kier molecular flexibility index (Phi) is 6.42. The molecule has 24 heavy (non-hydrogen) atoms. The molecule has 2 unspecified atom stereocenters. The van der Waals surface area contributed by atoms with E-state index in [1.165, 1.54) is 0 Å². The van der Waals surface area contributed by atoms with Crippen molar-refractivity contribution in [1.82, 2.24) is 20.5 Å². The predicted molar refractivity (Wildman–Crippen MR) is 92.2 cm³/mol. The number of aromatic nitrogens is 1. The number of nitrogens with zero attached hydrogens (tertiary/aromatic N) is 2. The minimum absolute atomic E-state index is 0.139. The molecule has 2 fully saturated rings. The maximum atomic E-state index is 12.1. The number of carbonyl (C=O) groups excluding carboxylic acids is 1. The normalized spacial score (nSPS) is 23.1. The first-order valence-electron chi connectivity index (χ1n) is 8.54. The third-order valence-electron chi connectivity index (χ3n) is 4.56. The summed E-state index contributed by atoms with van der Waals surface area (Å²) in [6, 6.07) is 0.171. The number of aryl methyl sites for hydroxylation is 1. The topological polar surface area (TPSA) is 75.7 Å². The first kappa shape index (κ1) is 17.6. The van der Waals surface area contributed by atoms with Crippen molar-refractivity contribution in [3.63, 3.8) is 0 Å². The van der Waals surface area contributed by atoms with Crippen LogP contribution >= 0.6 is 11.3 Å². The van der Waals surface area contributed by atoms with Crippen LogP contribution in [0.2, 0.25) is 0 Å². The monoisotopic (exact) mass is 354 g/mol. The van der Waals surface area contributed by atoms with Crippen LogP contribution < -0.4 is 10.6 Å². The van der Waals surface area contributed by atoms with Crippen LogP contribution in [0, 0.1) is 12.8 Å². The minimum atomic E-state index is -0.139. The zero-order valence-corrected chi connectivity index (χ0v) is 14.9. The van der Waals surface area contributed by atoms with Gasteiger partial charge in [-0.15, -0.1) is 11.3 Å². The summed E-state index contributed by atoms with van der Waals surface area (Å²) in [6.45, 7) is 8.03. The number of ether oxygens (including phenoxy) is 2. The smallest absolute Gasteiger partial charge is 0.315 e. The van der Waals surface area contributed by atoms with E-state index in [4.69, 9.17) is 9.47 Å². The number of nitrogens with one attached hydrogen (secondary N) is 2. The molecule has 134 valence electrons. The summed E-state index contributed by atoms with van der Waals surface area (Å²) in [5.41, 5.74) is 0.992. The Morgan fingerprint density at radius 3 is 2.88 bits per heavy atom. The molecule has 2 N–H and O–H groups in total. The lowest BCUT2D eigenvalue weighted by molar-refractivity contribution is 0.00212. The fourth-order valence-electron chi connectivity index (χ4n) is 3.26. The van der Waals surface area contributed by atoms with Gasteiger partial charge in [-0.25, -0.2) is 9.78 Å². The van der Waals surface area contributed by atoms with Crippen molar-refractivity contribution in [3.8, 4) is 0 Å². The van der Waals surface area contributed by atoms with Crippen LogP contribution in [0.25, 0.3) is 0 Å². The number of hydrogen-bond acceptors (Lipinski definition) is 6. The molecule has 3 rings (SSSR count). The highest BCUT2D eigenvalue weighted by Crippen LogP contribution is 2.21. The molecule has 0 aliphatic carbocycles. The Morgan fingerprint density at radius 2 is 2.21 bits per heavy atom. The van der Waals surface area contributed by atoms with Gasteiger partial charge in [0.2, 0.25) is 0 Å². The molecular formula is C16H26N4O3S. The number of thiazole rings is 1. The van der Waals surface area contributed by atoms with Gasteiger partial charge in [0.15, 0.2) is 0 Å². The van der Waals surface area contributed by atoms with Crippen molar-refractivity contribution in [2.24, 2.45) is 5.92 Å². The van der Waals surface area contributed by atoms with Gasteiger partial charge in [-0.2, -0.15) is 0 Å². The average Bonchev–Trinajstić information content (AvgIpc) is 3.26. The van der Waals surface area contributed by atoms with Gasteiger partial charge in [-0.1, -0.05) is 0 Å². The lowest BCUT2D eigenvalue weighted by Gasteiger charge is -2.37. The Labute approximate surface area is 146 Å². The molecule has 2 saturated heterocycles. The molecule has 0 spiro atoms. The molecule has 0 saturated carbocycles. The van der Waals surface area contributed by atoms with E-state index >= 15 is 0 Å². The van der Waals surface area contributed by atoms with Crippen LogP contribution in [0.4, 0.5) is 4.79 Å². The van der Waals surface area contributed by atoms with Crippen LogP contribution in [-0.4, -0.2) is 68.0 Å². The first-order chi connectivity index (χ1) is 11.7. The molecule has 2 aliphatic rings. The Hall–Kier alpha value is -1.22. The van der Waals surface area contributed by atoms with Crippen LogP contribution in [0.15, 0.2) is 5.38 Å². The quantitative estimate of drug-likeness (QED) is 0.797. The molecule has 3 heterocycles. The van der Waals surface area contributed by atoms with Crippen LogP contribution in [0.3, 0.4) is 0 Å². The van der Waals surface area contributed by atoms with Gasteiger partial charge >= 0.3 is 6.03 Å².